The van der Waals surface area contributed by atoms with Gasteiger partial charge in [0.1, 0.15) is 5.60 Å². The van der Waals surface area contributed by atoms with E-state index in [-0.39, 0.29) is 6.09 Å². The topological polar surface area (TPSA) is 53.0 Å². The first-order chi connectivity index (χ1) is 9.19. The second-order valence-electron chi connectivity index (χ2n) is 7.39. The van der Waals surface area contributed by atoms with Crippen molar-refractivity contribution in [1.82, 2.24) is 9.80 Å². The van der Waals surface area contributed by atoms with Gasteiger partial charge >= 0.3 is 6.09 Å². The van der Waals surface area contributed by atoms with Crippen molar-refractivity contribution in [3.8, 4) is 0 Å². The maximum atomic E-state index is 11.9. The van der Waals surface area contributed by atoms with Crippen molar-refractivity contribution in [3.63, 3.8) is 0 Å². The van der Waals surface area contributed by atoms with Crippen LogP contribution in [0.1, 0.15) is 46.5 Å². The molecule has 1 amide bonds. The first kappa shape index (κ1) is 15.6. The highest BCUT2D eigenvalue weighted by Crippen LogP contribution is 2.31. The van der Waals surface area contributed by atoms with Gasteiger partial charge in [0.05, 0.1) is 5.60 Å². The summed E-state index contributed by atoms with van der Waals surface area (Å²) in [6.07, 6.45) is 3.82. The largest absolute Gasteiger partial charge is 0.444 e. The Kier molecular flexibility index (Phi) is 4.30. The third kappa shape index (κ3) is 3.85. The summed E-state index contributed by atoms with van der Waals surface area (Å²) in [4.78, 5) is 15.8. The predicted molar refractivity (Wildman–Crippen MR) is 77.6 cm³/mol. The summed E-state index contributed by atoms with van der Waals surface area (Å²) < 4.78 is 5.34. The van der Waals surface area contributed by atoms with Crippen molar-refractivity contribution in [2.45, 2.75) is 63.7 Å². The summed E-state index contributed by atoms with van der Waals surface area (Å²) in [7, 11) is 2.04. The SMILES string of the molecule is CN(CC1(O)CCCC1)C1CN(C(=O)OC(C)(C)C)C1. The highest BCUT2D eigenvalue weighted by Gasteiger charge is 2.39. The van der Waals surface area contributed by atoms with E-state index in [1.165, 1.54) is 0 Å². The molecule has 20 heavy (non-hydrogen) atoms. The third-order valence-electron chi connectivity index (χ3n) is 4.22. The van der Waals surface area contributed by atoms with Crippen LogP contribution < -0.4 is 0 Å². The summed E-state index contributed by atoms with van der Waals surface area (Å²) >= 11 is 0. The highest BCUT2D eigenvalue weighted by atomic mass is 16.6. The summed E-state index contributed by atoms with van der Waals surface area (Å²) in [5.74, 6) is 0. The van der Waals surface area contributed by atoms with Crippen LogP contribution in [0.4, 0.5) is 4.79 Å². The van der Waals surface area contributed by atoms with Gasteiger partial charge in [-0.15, -0.1) is 0 Å². The van der Waals surface area contributed by atoms with Gasteiger partial charge in [0.2, 0.25) is 0 Å². The molecule has 5 heteroatoms. The zero-order valence-electron chi connectivity index (χ0n) is 13.2. The molecule has 1 aliphatic heterocycles. The minimum atomic E-state index is -0.513. The number of likely N-dealkylation sites (N-methyl/N-ethyl adjacent to an activating group) is 1. The van der Waals surface area contributed by atoms with Crippen molar-refractivity contribution >= 4 is 6.09 Å². The smallest absolute Gasteiger partial charge is 0.410 e. The van der Waals surface area contributed by atoms with Gasteiger partial charge in [-0.05, 0) is 40.7 Å². The van der Waals surface area contributed by atoms with Gasteiger partial charge in [0.15, 0.2) is 0 Å². The molecule has 0 atom stereocenters. The van der Waals surface area contributed by atoms with Crippen LogP contribution in [-0.2, 0) is 4.74 Å². The van der Waals surface area contributed by atoms with E-state index in [1.54, 1.807) is 4.90 Å². The molecule has 2 fully saturated rings. The lowest BCUT2D eigenvalue weighted by atomic mass is 9.99. The minimum Gasteiger partial charge on any atom is -0.444 e. The molecule has 2 rings (SSSR count). The van der Waals surface area contributed by atoms with Crippen LogP contribution in [0.25, 0.3) is 0 Å². The first-order valence-electron chi connectivity index (χ1n) is 7.59. The van der Waals surface area contributed by atoms with E-state index in [1.807, 2.05) is 27.8 Å². The number of likely N-dealkylation sites (tertiary alicyclic amines) is 1. The molecule has 0 unspecified atom stereocenters. The lowest BCUT2D eigenvalue weighted by Gasteiger charge is -2.45. The zero-order valence-corrected chi connectivity index (χ0v) is 13.2. The Labute approximate surface area is 121 Å². The van der Waals surface area contributed by atoms with Gasteiger partial charge in [-0.25, -0.2) is 4.79 Å². The van der Waals surface area contributed by atoms with E-state index < -0.39 is 11.2 Å². The molecule has 1 saturated heterocycles. The number of amides is 1. The van der Waals surface area contributed by atoms with Crippen molar-refractivity contribution in [2.75, 3.05) is 26.7 Å². The lowest BCUT2D eigenvalue weighted by Crippen LogP contribution is -2.62. The first-order valence-corrected chi connectivity index (χ1v) is 7.59. The summed E-state index contributed by atoms with van der Waals surface area (Å²) in [5, 5.41) is 10.4. The Balaban J connectivity index is 1.74. The van der Waals surface area contributed by atoms with Crippen LogP contribution in [0.15, 0.2) is 0 Å². The minimum absolute atomic E-state index is 0.235. The number of hydrogen-bond acceptors (Lipinski definition) is 4. The van der Waals surface area contributed by atoms with E-state index in [4.69, 9.17) is 4.74 Å². The molecular formula is C15H28N2O3. The highest BCUT2D eigenvalue weighted by molar-refractivity contribution is 5.69. The van der Waals surface area contributed by atoms with Crippen LogP contribution >= 0.6 is 0 Å². The molecule has 1 aliphatic carbocycles. The maximum absolute atomic E-state index is 11.9. The lowest BCUT2D eigenvalue weighted by molar-refractivity contribution is -0.0371. The number of ether oxygens (including phenoxy) is 1. The molecule has 1 heterocycles. The van der Waals surface area contributed by atoms with Gasteiger partial charge in [-0.2, -0.15) is 0 Å². The normalized spacial score (nSPS) is 23.0. The number of hydrogen-bond donors (Lipinski definition) is 1. The molecule has 5 nitrogen and oxygen atoms in total. The summed E-state index contributed by atoms with van der Waals surface area (Å²) in [6, 6.07) is 0.340. The van der Waals surface area contributed by atoms with E-state index in [2.05, 4.69) is 4.90 Å². The fourth-order valence-electron chi connectivity index (χ4n) is 2.99. The standard InChI is InChI=1S/C15H28N2O3/c1-14(2,3)20-13(18)17-9-12(10-17)16(4)11-15(19)7-5-6-8-15/h12,19H,5-11H2,1-4H3. The maximum Gasteiger partial charge on any atom is 0.410 e. The van der Waals surface area contributed by atoms with E-state index >= 15 is 0 Å². The van der Waals surface area contributed by atoms with Gasteiger partial charge in [-0.3, -0.25) is 4.90 Å². The summed E-state index contributed by atoms with van der Waals surface area (Å²) in [5.41, 5.74) is -0.950. The van der Waals surface area contributed by atoms with Crippen LogP contribution in [0.2, 0.25) is 0 Å². The number of carbonyl (C=O) groups excluding carboxylic acids is 1. The van der Waals surface area contributed by atoms with E-state index in [0.717, 1.165) is 25.7 Å². The zero-order chi connectivity index (χ0) is 15.0. The van der Waals surface area contributed by atoms with E-state index in [0.29, 0.717) is 25.7 Å². The predicted octanol–water partition coefficient (Wildman–Crippen LogP) is 1.84. The Hall–Kier alpha value is -0.810. The fourth-order valence-corrected chi connectivity index (χ4v) is 2.99. The molecule has 0 bridgehead atoms. The van der Waals surface area contributed by atoms with Crippen LogP contribution in [0.3, 0.4) is 0 Å². The van der Waals surface area contributed by atoms with Gasteiger partial charge in [0, 0.05) is 25.7 Å². The number of nitrogens with zero attached hydrogens (tertiary/aromatic N) is 2. The molecular weight excluding hydrogens is 256 g/mol. The molecule has 0 aromatic carbocycles. The van der Waals surface area contributed by atoms with Crippen LogP contribution in [0, 0.1) is 0 Å². The van der Waals surface area contributed by atoms with Crippen molar-refractivity contribution < 1.29 is 14.6 Å². The monoisotopic (exact) mass is 284 g/mol. The second kappa shape index (κ2) is 5.53. The van der Waals surface area contributed by atoms with Crippen molar-refractivity contribution in [1.29, 1.82) is 0 Å². The average molecular weight is 284 g/mol. The summed E-state index contributed by atoms with van der Waals surface area (Å²) in [6.45, 7) is 7.74. The van der Waals surface area contributed by atoms with Gasteiger partial charge in [0.25, 0.3) is 0 Å². The fraction of sp³-hybridized carbons (Fsp3) is 0.933. The molecule has 116 valence electrons. The van der Waals surface area contributed by atoms with Crippen LogP contribution in [0.5, 0.6) is 0 Å². The molecule has 0 aromatic heterocycles. The molecule has 0 radical (unpaired) electrons. The molecule has 2 aliphatic rings. The molecule has 0 spiro atoms. The average Bonchev–Trinajstić information content (AvgIpc) is 2.58. The Morgan fingerprint density at radius 3 is 2.40 bits per heavy atom. The Morgan fingerprint density at radius 1 is 1.35 bits per heavy atom. The Morgan fingerprint density at radius 2 is 1.90 bits per heavy atom. The van der Waals surface area contributed by atoms with Crippen LogP contribution in [-0.4, -0.2) is 64.9 Å². The molecule has 0 aromatic rings. The van der Waals surface area contributed by atoms with E-state index in [9.17, 15) is 9.90 Å². The second-order valence-corrected chi connectivity index (χ2v) is 7.39. The van der Waals surface area contributed by atoms with Gasteiger partial charge in [-0.1, -0.05) is 12.8 Å². The number of rotatable bonds is 3. The van der Waals surface area contributed by atoms with Crippen molar-refractivity contribution in [3.05, 3.63) is 0 Å². The number of carbonyl (C=O) groups is 1. The quantitative estimate of drug-likeness (QED) is 0.859. The molecule has 1 N–H and O–H groups in total. The third-order valence-corrected chi connectivity index (χ3v) is 4.22. The molecule has 1 saturated carbocycles. The van der Waals surface area contributed by atoms with Gasteiger partial charge < -0.3 is 14.7 Å². The van der Waals surface area contributed by atoms with Crippen molar-refractivity contribution in [2.24, 2.45) is 0 Å². The Bertz CT molecular complexity index is 353. The number of aliphatic hydroxyl groups is 1.